The molecule has 0 radical (unpaired) electrons. The number of pyridine rings is 1. The molecule has 4 fully saturated rings. The van der Waals surface area contributed by atoms with Gasteiger partial charge in [0.25, 0.3) is 5.91 Å². The van der Waals surface area contributed by atoms with Crippen molar-refractivity contribution in [3.8, 4) is 0 Å². The van der Waals surface area contributed by atoms with Crippen molar-refractivity contribution in [1.29, 1.82) is 0 Å². The first-order valence-corrected chi connectivity index (χ1v) is 12.3. The number of hydrogen-bond acceptors (Lipinski definition) is 5. The Bertz CT molecular complexity index is 1490. The third-order valence-corrected chi connectivity index (χ3v) is 7.97. The van der Waals surface area contributed by atoms with Gasteiger partial charge in [-0.2, -0.15) is 5.10 Å². The number of nitrogens with one attached hydrogen (secondary N) is 2. The summed E-state index contributed by atoms with van der Waals surface area (Å²) in [6.07, 6.45) is 10.5. The number of aryl methyl sites for hydroxylation is 2. The van der Waals surface area contributed by atoms with Gasteiger partial charge < -0.3 is 19.9 Å². The van der Waals surface area contributed by atoms with Crippen LogP contribution in [0.2, 0.25) is 0 Å². The summed E-state index contributed by atoms with van der Waals surface area (Å²) in [6, 6.07) is 5.65. The Labute approximate surface area is 202 Å². The smallest absolute Gasteiger partial charge is 0.257 e. The van der Waals surface area contributed by atoms with E-state index in [0.29, 0.717) is 34.0 Å². The average Bonchev–Trinajstić information content (AvgIpc) is 3.46. The Hall–Kier alpha value is -3.46. The summed E-state index contributed by atoms with van der Waals surface area (Å²) in [5.41, 5.74) is 3.97. The van der Waals surface area contributed by atoms with Crippen LogP contribution in [-0.4, -0.2) is 49.7 Å². The number of halogens is 1. The van der Waals surface area contributed by atoms with E-state index in [2.05, 4.69) is 25.6 Å². The topological polar surface area (TPSA) is 79.5 Å². The van der Waals surface area contributed by atoms with E-state index in [1.165, 1.54) is 25.3 Å². The highest BCUT2D eigenvalue weighted by Crippen LogP contribution is 2.57. The molecule has 3 saturated carbocycles. The van der Waals surface area contributed by atoms with Gasteiger partial charge in [0, 0.05) is 67.4 Å². The van der Waals surface area contributed by atoms with E-state index in [1.807, 2.05) is 25.4 Å². The molecule has 8 rings (SSSR count). The van der Waals surface area contributed by atoms with Crippen molar-refractivity contribution in [3.63, 3.8) is 0 Å². The molecule has 8 nitrogen and oxygen atoms in total. The second-order valence-corrected chi connectivity index (χ2v) is 10.7. The number of benzene rings is 1. The van der Waals surface area contributed by atoms with E-state index < -0.39 is 5.82 Å². The van der Waals surface area contributed by atoms with Crippen molar-refractivity contribution in [1.82, 2.24) is 24.5 Å². The van der Waals surface area contributed by atoms with E-state index in [9.17, 15) is 9.18 Å². The zero-order chi connectivity index (χ0) is 23.9. The van der Waals surface area contributed by atoms with Crippen molar-refractivity contribution in [2.75, 3.05) is 23.3 Å². The fourth-order valence-electron chi connectivity index (χ4n) is 6.30. The Kier molecular flexibility index (Phi) is 4.34. The minimum absolute atomic E-state index is 0.240. The average molecular weight is 474 g/mol. The van der Waals surface area contributed by atoms with Crippen molar-refractivity contribution in [2.45, 2.75) is 44.2 Å². The molecular weight excluding hydrogens is 445 g/mol. The summed E-state index contributed by atoms with van der Waals surface area (Å²) in [5.74, 6) is 0.168. The minimum Gasteiger partial charge on any atom is -0.369 e. The Balaban J connectivity index is 1.15. The normalized spacial score (nSPS) is 25.2. The quantitative estimate of drug-likeness (QED) is 0.463. The van der Waals surface area contributed by atoms with E-state index >= 15 is 0 Å². The van der Waals surface area contributed by atoms with Crippen LogP contribution in [0, 0.1) is 18.7 Å². The van der Waals surface area contributed by atoms with Gasteiger partial charge in [-0.15, -0.1) is 0 Å². The largest absolute Gasteiger partial charge is 0.369 e. The lowest BCUT2D eigenvalue weighted by Gasteiger charge is -2.63. The number of carbonyl (C=O) groups is 1. The molecule has 1 unspecified atom stereocenters. The molecule has 1 aromatic carbocycles. The van der Waals surface area contributed by atoms with Crippen LogP contribution in [0.4, 0.5) is 15.8 Å². The second-order valence-electron chi connectivity index (χ2n) is 10.7. The van der Waals surface area contributed by atoms with Crippen molar-refractivity contribution in [2.24, 2.45) is 13.0 Å². The Morgan fingerprint density at radius 3 is 2.80 bits per heavy atom. The maximum absolute atomic E-state index is 14.5. The highest BCUT2D eigenvalue weighted by atomic mass is 19.1. The van der Waals surface area contributed by atoms with Gasteiger partial charge in [-0.3, -0.25) is 9.48 Å². The standard InChI is InChI=1S/C26H28FN7O/c1-15-11-34-13-18(7-21(27)24(34)28-15)29-25(35)19-3-4-22(20-14-32(2)31-23(19)20)33-6-5-17(12-33)30-26-8-16(9-26)10-26/h3-4,7,11,13-14,16-17,30H,5-6,8-10,12H2,1-2H3,(H,29,35). The zero-order valence-electron chi connectivity index (χ0n) is 19.9. The minimum atomic E-state index is -0.481. The van der Waals surface area contributed by atoms with Crippen LogP contribution >= 0.6 is 0 Å². The zero-order valence-corrected chi connectivity index (χ0v) is 19.9. The van der Waals surface area contributed by atoms with Crippen molar-refractivity contribution in [3.05, 3.63) is 53.9 Å². The number of hydrogen-bond donors (Lipinski definition) is 2. The molecule has 1 aliphatic heterocycles. The molecule has 0 spiro atoms. The van der Waals surface area contributed by atoms with Gasteiger partial charge >= 0.3 is 0 Å². The highest BCUT2D eigenvalue weighted by Gasteiger charge is 2.57. The van der Waals surface area contributed by atoms with Gasteiger partial charge in [-0.1, -0.05) is 0 Å². The van der Waals surface area contributed by atoms with Crippen LogP contribution in [0.3, 0.4) is 0 Å². The van der Waals surface area contributed by atoms with Crippen LogP contribution in [0.25, 0.3) is 16.6 Å². The van der Waals surface area contributed by atoms with Crippen LogP contribution in [0.5, 0.6) is 0 Å². The lowest BCUT2D eigenvalue weighted by Crippen LogP contribution is -2.69. The molecule has 4 aromatic rings. The van der Waals surface area contributed by atoms with E-state index in [4.69, 9.17) is 0 Å². The molecule has 3 aliphatic carbocycles. The molecule has 1 atom stereocenters. The molecule has 2 N–H and O–H groups in total. The first-order valence-electron chi connectivity index (χ1n) is 12.3. The fraction of sp³-hybridized carbons (Fsp3) is 0.423. The Morgan fingerprint density at radius 2 is 2.03 bits per heavy atom. The van der Waals surface area contributed by atoms with E-state index in [1.54, 1.807) is 28.4 Å². The molecule has 4 heterocycles. The van der Waals surface area contributed by atoms with Crippen molar-refractivity contribution >= 4 is 33.8 Å². The van der Waals surface area contributed by atoms with Gasteiger partial charge in [0.1, 0.15) is 5.52 Å². The summed E-state index contributed by atoms with van der Waals surface area (Å²) >= 11 is 0. The third kappa shape index (κ3) is 3.32. The molecule has 180 valence electrons. The van der Waals surface area contributed by atoms with Gasteiger partial charge in [0.2, 0.25) is 0 Å². The van der Waals surface area contributed by atoms with Crippen LogP contribution < -0.4 is 15.5 Å². The molecule has 2 bridgehead atoms. The summed E-state index contributed by atoms with van der Waals surface area (Å²) in [5, 5.41) is 12.3. The summed E-state index contributed by atoms with van der Waals surface area (Å²) < 4.78 is 17.8. The molecule has 3 aromatic heterocycles. The Morgan fingerprint density at radius 1 is 1.20 bits per heavy atom. The summed E-state index contributed by atoms with van der Waals surface area (Å²) in [6.45, 7) is 3.75. The summed E-state index contributed by atoms with van der Waals surface area (Å²) in [4.78, 5) is 19.8. The monoisotopic (exact) mass is 473 g/mol. The molecular formula is C26H28FN7O. The van der Waals surface area contributed by atoms with E-state index in [0.717, 1.165) is 36.5 Å². The van der Waals surface area contributed by atoms with Crippen molar-refractivity contribution < 1.29 is 9.18 Å². The van der Waals surface area contributed by atoms with Gasteiger partial charge in [-0.25, -0.2) is 9.37 Å². The highest BCUT2D eigenvalue weighted by molar-refractivity contribution is 6.13. The lowest BCUT2D eigenvalue weighted by molar-refractivity contribution is -0.0572. The number of aromatic nitrogens is 4. The number of fused-ring (bicyclic) bond motifs is 2. The predicted octanol–water partition coefficient (Wildman–Crippen LogP) is 3.64. The van der Waals surface area contributed by atoms with Crippen LogP contribution in [0.1, 0.15) is 41.7 Å². The number of nitrogens with zero attached hydrogens (tertiary/aromatic N) is 5. The van der Waals surface area contributed by atoms with Gasteiger partial charge in [-0.05, 0) is 50.7 Å². The first-order chi connectivity index (χ1) is 16.9. The predicted molar refractivity (Wildman–Crippen MR) is 132 cm³/mol. The van der Waals surface area contributed by atoms with Crippen LogP contribution in [0.15, 0.2) is 36.8 Å². The van der Waals surface area contributed by atoms with Gasteiger partial charge in [0.15, 0.2) is 11.5 Å². The SMILES string of the molecule is Cc1cn2cc(NC(=O)c3ccc(N4CCC(NC56CC(C5)C6)C4)c4cn(C)nc34)cc(F)c2n1. The van der Waals surface area contributed by atoms with E-state index in [-0.39, 0.29) is 11.6 Å². The number of carbonyl (C=O) groups excluding carboxylic acids is 1. The molecule has 4 aliphatic rings. The third-order valence-electron chi connectivity index (χ3n) is 7.97. The molecule has 9 heteroatoms. The fourth-order valence-corrected chi connectivity index (χ4v) is 6.30. The maximum Gasteiger partial charge on any atom is 0.257 e. The number of imidazole rings is 1. The second kappa shape index (κ2) is 7.27. The maximum atomic E-state index is 14.5. The number of rotatable bonds is 5. The summed E-state index contributed by atoms with van der Waals surface area (Å²) in [7, 11) is 1.87. The first kappa shape index (κ1) is 20.9. The molecule has 1 saturated heterocycles. The van der Waals surface area contributed by atoms with Gasteiger partial charge in [0.05, 0.1) is 16.9 Å². The molecule has 35 heavy (non-hydrogen) atoms. The van der Waals surface area contributed by atoms with Crippen LogP contribution in [-0.2, 0) is 7.05 Å². The number of amides is 1. The number of anilines is 2. The lowest BCUT2D eigenvalue weighted by atomic mass is 9.49. The molecule has 1 amide bonds.